The number of carboxylic acids is 1. The third-order valence-corrected chi connectivity index (χ3v) is 4.13. The fourth-order valence-corrected chi connectivity index (χ4v) is 2.77. The predicted octanol–water partition coefficient (Wildman–Crippen LogP) is 4.35. The van der Waals surface area contributed by atoms with Crippen molar-refractivity contribution in [3.8, 4) is 5.75 Å². The second-order valence-electron chi connectivity index (χ2n) is 5.34. The number of carbonyl (C=O) groups is 2. The van der Waals surface area contributed by atoms with Gasteiger partial charge in [-0.2, -0.15) is 0 Å². The third kappa shape index (κ3) is 3.04. The van der Waals surface area contributed by atoms with E-state index in [0.29, 0.717) is 11.1 Å². The normalized spacial score (nSPS) is 10.7. The summed E-state index contributed by atoms with van der Waals surface area (Å²) in [6, 6.07) is 9.91. The Hall–Kier alpha value is -2.99. The Labute approximate surface area is 148 Å². The highest BCUT2D eigenvalue weighted by atomic mass is 35.5. The van der Waals surface area contributed by atoms with Gasteiger partial charge in [-0.1, -0.05) is 29.8 Å². The molecule has 0 unspecified atom stereocenters. The number of furan rings is 1. The number of halogens is 1. The maximum Gasteiger partial charge on any atom is 0.339 e. The van der Waals surface area contributed by atoms with Gasteiger partial charge in [0.15, 0.2) is 5.76 Å². The second kappa shape index (κ2) is 6.49. The van der Waals surface area contributed by atoms with Gasteiger partial charge in [-0.05, 0) is 19.1 Å². The molecule has 6 nitrogen and oxygen atoms in total. The molecule has 7 heteroatoms. The predicted molar refractivity (Wildman–Crippen MR) is 93.9 cm³/mol. The van der Waals surface area contributed by atoms with Crippen LogP contribution in [0.15, 0.2) is 40.8 Å². The highest BCUT2D eigenvalue weighted by molar-refractivity contribution is 6.34. The average Bonchev–Trinajstić information content (AvgIpc) is 2.93. The number of fused-ring (bicyclic) bond motifs is 1. The summed E-state index contributed by atoms with van der Waals surface area (Å²) < 4.78 is 10.7. The van der Waals surface area contributed by atoms with Crippen molar-refractivity contribution in [3.63, 3.8) is 0 Å². The van der Waals surface area contributed by atoms with Crippen molar-refractivity contribution < 1.29 is 23.8 Å². The molecule has 3 rings (SSSR count). The van der Waals surface area contributed by atoms with Gasteiger partial charge < -0.3 is 19.6 Å². The quantitative estimate of drug-likeness (QED) is 0.722. The zero-order valence-corrected chi connectivity index (χ0v) is 14.2. The summed E-state index contributed by atoms with van der Waals surface area (Å²) in [7, 11) is 1.34. The molecule has 1 aromatic heterocycles. The van der Waals surface area contributed by atoms with E-state index in [0.717, 1.165) is 5.39 Å². The number of hydrogen-bond donors (Lipinski definition) is 2. The van der Waals surface area contributed by atoms with E-state index >= 15 is 0 Å². The zero-order chi connectivity index (χ0) is 18.1. The number of ether oxygens (including phenoxy) is 1. The molecule has 0 saturated carbocycles. The van der Waals surface area contributed by atoms with Crippen LogP contribution in [0.4, 0.5) is 5.69 Å². The molecule has 0 spiro atoms. The van der Waals surface area contributed by atoms with Crippen LogP contribution in [-0.2, 0) is 0 Å². The fourth-order valence-electron chi connectivity index (χ4n) is 2.56. The maximum absolute atomic E-state index is 12.6. The van der Waals surface area contributed by atoms with E-state index in [-0.39, 0.29) is 27.8 Å². The van der Waals surface area contributed by atoms with Gasteiger partial charge in [-0.15, -0.1) is 0 Å². The summed E-state index contributed by atoms with van der Waals surface area (Å²) in [4.78, 5) is 23.7. The molecule has 128 valence electrons. The number of hydrogen-bond acceptors (Lipinski definition) is 4. The number of para-hydroxylation sites is 1. The minimum absolute atomic E-state index is 0.0836. The SMILES string of the molecule is COc1cc(NC(=O)c2oc3ccccc3c2C)c(Cl)cc1C(=O)O. The smallest absolute Gasteiger partial charge is 0.339 e. The van der Waals surface area contributed by atoms with Crippen molar-refractivity contribution in [1.82, 2.24) is 0 Å². The second-order valence-corrected chi connectivity index (χ2v) is 5.75. The summed E-state index contributed by atoms with van der Waals surface area (Å²) >= 11 is 6.09. The Kier molecular flexibility index (Phi) is 4.37. The van der Waals surface area contributed by atoms with E-state index in [9.17, 15) is 9.59 Å². The van der Waals surface area contributed by atoms with Gasteiger partial charge in [0, 0.05) is 17.0 Å². The number of amides is 1. The van der Waals surface area contributed by atoms with Crippen molar-refractivity contribution in [2.75, 3.05) is 12.4 Å². The molecule has 0 saturated heterocycles. The van der Waals surface area contributed by atoms with Crippen LogP contribution in [0, 0.1) is 6.92 Å². The molecule has 0 atom stereocenters. The van der Waals surface area contributed by atoms with E-state index in [1.165, 1.54) is 19.2 Å². The number of benzene rings is 2. The first-order valence-corrected chi connectivity index (χ1v) is 7.70. The van der Waals surface area contributed by atoms with E-state index < -0.39 is 11.9 Å². The molecule has 0 bridgehead atoms. The number of aryl methyl sites for hydroxylation is 1. The van der Waals surface area contributed by atoms with Crippen LogP contribution in [0.25, 0.3) is 11.0 Å². The van der Waals surface area contributed by atoms with Gasteiger partial charge in [-0.25, -0.2) is 4.79 Å². The molecule has 0 fully saturated rings. The lowest BCUT2D eigenvalue weighted by Gasteiger charge is -2.11. The van der Waals surface area contributed by atoms with Crippen molar-refractivity contribution in [1.29, 1.82) is 0 Å². The summed E-state index contributed by atoms with van der Waals surface area (Å²) in [5, 5.41) is 12.7. The molecule has 2 N–H and O–H groups in total. The molecule has 0 aliphatic rings. The first-order chi connectivity index (χ1) is 11.9. The van der Waals surface area contributed by atoms with Crippen LogP contribution in [0.2, 0.25) is 5.02 Å². The molecule has 2 aromatic carbocycles. The lowest BCUT2D eigenvalue weighted by molar-refractivity contribution is 0.0693. The highest BCUT2D eigenvalue weighted by Gasteiger charge is 2.20. The lowest BCUT2D eigenvalue weighted by Crippen LogP contribution is -2.13. The van der Waals surface area contributed by atoms with E-state index in [4.69, 9.17) is 25.9 Å². The van der Waals surface area contributed by atoms with Gasteiger partial charge in [0.2, 0.25) is 0 Å². The maximum atomic E-state index is 12.6. The van der Waals surface area contributed by atoms with Crippen LogP contribution in [0.3, 0.4) is 0 Å². The Bertz CT molecular complexity index is 993. The fraction of sp³-hybridized carbons (Fsp3) is 0.111. The summed E-state index contributed by atoms with van der Waals surface area (Å²) in [5.74, 6) is -1.41. The molecular formula is C18H14ClNO5. The largest absolute Gasteiger partial charge is 0.496 e. The number of anilines is 1. The van der Waals surface area contributed by atoms with Gasteiger partial charge in [0.25, 0.3) is 5.91 Å². The third-order valence-electron chi connectivity index (χ3n) is 3.82. The zero-order valence-electron chi connectivity index (χ0n) is 13.4. The number of aromatic carboxylic acids is 1. The summed E-state index contributed by atoms with van der Waals surface area (Å²) in [6.07, 6.45) is 0. The Morgan fingerprint density at radius 3 is 2.60 bits per heavy atom. The number of rotatable bonds is 4. The Morgan fingerprint density at radius 1 is 1.24 bits per heavy atom. The summed E-state index contributed by atoms with van der Waals surface area (Å²) in [5.41, 5.74) is 1.45. The van der Waals surface area contributed by atoms with Crippen LogP contribution in [0.5, 0.6) is 5.75 Å². The molecule has 0 radical (unpaired) electrons. The van der Waals surface area contributed by atoms with E-state index in [1.54, 1.807) is 13.0 Å². The topological polar surface area (TPSA) is 88.8 Å². The van der Waals surface area contributed by atoms with Gasteiger partial charge in [-0.3, -0.25) is 4.79 Å². The van der Waals surface area contributed by atoms with Crippen LogP contribution in [-0.4, -0.2) is 24.1 Å². The van der Waals surface area contributed by atoms with Crippen molar-refractivity contribution in [3.05, 3.63) is 58.3 Å². The van der Waals surface area contributed by atoms with Crippen molar-refractivity contribution in [2.24, 2.45) is 0 Å². The molecule has 0 aliphatic carbocycles. The van der Waals surface area contributed by atoms with Crippen molar-refractivity contribution >= 4 is 40.1 Å². The van der Waals surface area contributed by atoms with Gasteiger partial charge in [0.05, 0.1) is 17.8 Å². The van der Waals surface area contributed by atoms with Crippen molar-refractivity contribution in [2.45, 2.75) is 6.92 Å². The Morgan fingerprint density at radius 2 is 1.96 bits per heavy atom. The average molecular weight is 360 g/mol. The first-order valence-electron chi connectivity index (χ1n) is 7.32. The summed E-state index contributed by atoms with van der Waals surface area (Å²) in [6.45, 7) is 1.79. The number of carbonyl (C=O) groups excluding carboxylic acids is 1. The molecule has 3 aromatic rings. The van der Waals surface area contributed by atoms with Crippen LogP contribution in [0.1, 0.15) is 26.5 Å². The van der Waals surface area contributed by atoms with Gasteiger partial charge in [0.1, 0.15) is 16.9 Å². The number of nitrogens with one attached hydrogen (secondary N) is 1. The highest BCUT2D eigenvalue weighted by Crippen LogP contribution is 2.32. The van der Waals surface area contributed by atoms with Crippen LogP contribution < -0.4 is 10.1 Å². The number of carboxylic acid groups (broad SMARTS) is 1. The standard InChI is InChI=1S/C18H14ClNO5/c1-9-10-5-3-4-6-14(10)25-16(9)17(21)20-13-8-15(24-2)11(18(22)23)7-12(13)19/h3-8H,1-2H3,(H,20,21)(H,22,23). The monoisotopic (exact) mass is 359 g/mol. The lowest BCUT2D eigenvalue weighted by atomic mass is 10.1. The van der Waals surface area contributed by atoms with Gasteiger partial charge >= 0.3 is 5.97 Å². The minimum atomic E-state index is -1.18. The van der Waals surface area contributed by atoms with E-state index in [2.05, 4.69) is 5.32 Å². The minimum Gasteiger partial charge on any atom is -0.496 e. The molecule has 25 heavy (non-hydrogen) atoms. The van der Waals surface area contributed by atoms with Crippen LogP contribution >= 0.6 is 11.6 Å². The molecule has 1 heterocycles. The molecule has 0 aliphatic heterocycles. The Balaban J connectivity index is 1.97. The molecule has 1 amide bonds. The van der Waals surface area contributed by atoms with E-state index in [1.807, 2.05) is 18.2 Å². The first kappa shape index (κ1) is 16.9. The molecular weight excluding hydrogens is 346 g/mol. The number of methoxy groups -OCH3 is 1.